The van der Waals surface area contributed by atoms with Crippen LogP contribution in [0.1, 0.15) is 65.9 Å². The Kier molecular flexibility index (Phi) is 8.44. The second-order valence-electron chi connectivity index (χ2n) is 6.38. The molecule has 0 fully saturated rings. The summed E-state index contributed by atoms with van der Waals surface area (Å²) in [6.45, 7) is 10.2. The van der Waals surface area contributed by atoms with Gasteiger partial charge in [-0.1, -0.05) is 26.7 Å². The topological polar surface area (TPSA) is 71.3 Å². The molecular weight excluding hydrogens is 316 g/mol. The second kappa shape index (κ2) is 10.0. The number of benzene rings is 1. The van der Waals surface area contributed by atoms with E-state index in [2.05, 4.69) is 18.3 Å². The zero-order chi connectivity index (χ0) is 18.9. The minimum Gasteiger partial charge on any atom is -0.491 e. The first-order valence-electron chi connectivity index (χ1n) is 9.06. The fraction of sp³-hybridized carbons (Fsp3) is 0.600. The molecule has 0 saturated carbocycles. The van der Waals surface area contributed by atoms with Gasteiger partial charge in [0, 0.05) is 12.7 Å². The van der Waals surface area contributed by atoms with Gasteiger partial charge in [-0.15, -0.1) is 0 Å². The molecule has 1 rings (SSSR count). The van der Waals surface area contributed by atoms with Crippen LogP contribution in [-0.4, -0.2) is 24.2 Å². The van der Waals surface area contributed by atoms with Crippen LogP contribution in [0.2, 0.25) is 0 Å². The highest BCUT2D eigenvalue weighted by Gasteiger charge is 2.33. The number of unbranched alkanes of at least 4 members (excludes halogenated alkanes) is 1. The highest BCUT2D eigenvalue weighted by Crippen LogP contribution is 2.26. The molecule has 1 aromatic rings. The van der Waals surface area contributed by atoms with Gasteiger partial charge in [0.2, 0.25) is 0 Å². The van der Waals surface area contributed by atoms with Crippen molar-refractivity contribution in [1.82, 2.24) is 0 Å². The van der Waals surface area contributed by atoms with Crippen molar-refractivity contribution in [2.24, 2.45) is 0 Å². The van der Waals surface area contributed by atoms with E-state index in [4.69, 9.17) is 9.47 Å². The fourth-order valence-corrected chi connectivity index (χ4v) is 2.45. The Bertz CT molecular complexity index is 609. The van der Waals surface area contributed by atoms with Crippen LogP contribution < -0.4 is 10.1 Å². The average molecular weight is 346 g/mol. The van der Waals surface area contributed by atoms with Gasteiger partial charge in [-0.25, -0.2) is 0 Å². The first-order chi connectivity index (χ1) is 11.9. The smallest absolute Gasteiger partial charge is 0.256 e. The number of hydrogen-bond acceptors (Lipinski definition) is 4. The summed E-state index contributed by atoms with van der Waals surface area (Å²) in [7, 11) is 0. The lowest BCUT2D eigenvalue weighted by atomic mass is 9.97. The van der Waals surface area contributed by atoms with Gasteiger partial charge < -0.3 is 14.8 Å². The Hall–Kier alpha value is -2.06. The van der Waals surface area contributed by atoms with E-state index in [0.29, 0.717) is 30.0 Å². The largest absolute Gasteiger partial charge is 0.491 e. The molecule has 0 unspecified atom stereocenters. The van der Waals surface area contributed by atoms with Crippen molar-refractivity contribution in [3.63, 3.8) is 0 Å². The number of nitrogens with zero attached hydrogens (tertiary/aromatic N) is 1. The van der Waals surface area contributed by atoms with Crippen LogP contribution in [0.3, 0.4) is 0 Å². The Morgan fingerprint density at radius 3 is 2.64 bits per heavy atom. The minimum atomic E-state index is -0.899. The molecular formula is C20H30N2O3. The summed E-state index contributed by atoms with van der Waals surface area (Å²) in [5.41, 5.74) is -0.0430. The first kappa shape index (κ1) is 21.0. The molecule has 0 saturated heterocycles. The third kappa shape index (κ3) is 6.06. The lowest BCUT2D eigenvalue weighted by Gasteiger charge is -2.28. The molecule has 2 atom stereocenters. The molecule has 1 aromatic carbocycles. The van der Waals surface area contributed by atoms with Crippen molar-refractivity contribution < 1.29 is 14.3 Å². The zero-order valence-electron chi connectivity index (χ0n) is 16.0. The predicted molar refractivity (Wildman–Crippen MR) is 99.7 cm³/mol. The maximum Gasteiger partial charge on any atom is 0.256 e. The van der Waals surface area contributed by atoms with Crippen LogP contribution >= 0.6 is 0 Å². The molecule has 0 aliphatic heterocycles. The van der Waals surface area contributed by atoms with E-state index >= 15 is 0 Å². The van der Waals surface area contributed by atoms with Gasteiger partial charge in [0.05, 0.1) is 17.4 Å². The number of nitrogens with one attached hydrogen (secondary N) is 1. The molecule has 1 N–H and O–H groups in total. The van der Waals surface area contributed by atoms with Gasteiger partial charge in [0.1, 0.15) is 17.4 Å². The molecule has 1 amide bonds. The second-order valence-corrected chi connectivity index (χ2v) is 6.38. The van der Waals surface area contributed by atoms with E-state index in [9.17, 15) is 10.1 Å². The normalized spacial score (nSPS) is 14.2. The Morgan fingerprint density at radius 1 is 1.36 bits per heavy atom. The molecule has 0 heterocycles. The molecule has 0 bridgehead atoms. The highest BCUT2D eigenvalue weighted by molar-refractivity contribution is 5.98. The zero-order valence-corrected chi connectivity index (χ0v) is 16.0. The lowest BCUT2D eigenvalue weighted by molar-refractivity contribution is -0.139. The van der Waals surface area contributed by atoms with E-state index in [1.54, 1.807) is 25.1 Å². The number of carbonyl (C=O) groups is 1. The Morgan fingerprint density at radius 2 is 2.08 bits per heavy atom. The summed E-state index contributed by atoms with van der Waals surface area (Å²) >= 11 is 0. The van der Waals surface area contributed by atoms with E-state index in [1.807, 2.05) is 20.8 Å². The average Bonchev–Trinajstić information content (AvgIpc) is 2.61. The molecule has 0 radical (unpaired) electrons. The third-order valence-electron chi connectivity index (χ3n) is 4.22. The number of anilines is 1. The number of hydrogen-bond donors (Lipinski definition) is 1. The number of ether oxygens (including phenoxy) is 2. The number of nitriles is 1. The van der Waals surface area contributed by atoms with Crippen LogP contribution in [0.25, 0.3) is 0 Å². The van der Waals surface area contributed by atoms with Gasteiger partial charge >= 0.3 is 0 Å². The Labute approximate surface area is 151 Å². The van der Waals surface area contributed by atoms with Crippen LogP contribution in [0.5, 0.6) is 5.75 Å². The minimum absolute atomic E-state index is 0.0715. The van der Waals surface area contributed by atoms with E-state index in [1.165, 1.54) is 0 Å². The quantitative estimate of drug-likeness (QED) is 0.669. The molecule has 0 spiro atoms. The van der Waals surface area contributed by atoms with Crippen molar-refractivity contribution in [2.45, 2.75) is 72.0 Å². The Balaban J connectivity index is 2.96. The van der Waals surface area contributed by atoms with Crippen molar-refractivity contribution >= 4 is 11.6 Å². The molecule has 5 heteroatoms. The van der Waals surface area contributed by atoms with E-state index in [0.717, 1.165) is 19.3 Å². The number of rotatable bonds is 10. The van der Waals surface area contributed by atoms with Crippen LogP contribution in [0.15, 0.2) is 18.2 Å². The molecule has 0 aromatic heterocycles. The summed E-state index contributed by atoms with van der Waals surface area (Å²) in [4.78, 5) is 12.7. The summed E-state index contributed by atoms with van der Waals surface area (Å²) < 4.78 is 11.4. The lowest BCUT2D eigenvalue weighted by Crippen LogP contribution is -2.43. The van der Waals surface area contributed by atoms with Crippen LogP contribution in [0.4, 0.5) is 5.69 Å². The SMILES string of the molecule is CCCC[C@](C)(OCC)C(=O)Nc1ccc(O[C@H](C)CC)cc1C#N. The van der Waals surface area contributed by atoms with Crippen LogP contribution in [0, 0.1) is 11.3 Å². The molecule has 5 nitrogen and oxygen atoms in total. The molecule has 0 aliphatic rings. The van der Waals surface area contributed by atoms with Gasteiger partial charge in [0.15, 0.2) is 0 Å². The predicted octanol–water partition coefficient (Wildman–Crippen LogP) is 4.66. The maximum absolute atomic E-state index is 12.7. The molecule has 0 aliphatic carbocycles. The molecule has 25 heavy (non-hydrogen) atoms. The van der Waals surface area contributed by atoms with Gasteiger partial charge in [-0.2, -0.15) is 5.26 Å². The summed E-state index contributed by atoms with van der Waals surface area (Å²) in [5.74, 6) is 0.400. The monoisotopic (exact) mass is 346 g/mol. The van der Waals surface area contributed by atoms with Crippen molar-refractivity contribution in [2.75, 3.05) is 11.9 Å². The highest BCUT2D eigenvalue weighted by atomic mass is 16.5. The summed E-state index contributed by atoms with van der Waals surface area (Å²) in [6, 6.07) is 7.26. The number of amides is 1. The van der Waals surface area contributed by atoms with Gasteiger partial charge in [0.25, 0.3) is 5.91 Å². The van der Waals surface area contributed by atoms with E-state index in [-0.39, 0.29) is 12.0 Å². The van der Waals surface area contributed by atoms with Gasteiger partial charge in [-0.05, 0) is 45.7 Å². The standard InChI is InChI=1S/C20H30N2O3/c1-6-9-12-20(5,24-8-3)19(23)22-18-11-10-17(13-16(18)14-21)25-15(4)7-2/h10-11,13,15H,6-9,12H2,1-5H3,(H,22,23)/t15-,20+/m1/s1. The fourth-order valence-electron chi connectivity index (χ4n) is 2.45. The summed E-state index contributed by atoms with van der Waals surface area (Å²) in [5, 5.41) is 12.3. The van der Waals surface area contributed by atoms with Crippen LogP contribution in [-0.2, 0) is 9.53 Å². The van der Waals surface area contributed by atoms with Gasteiger partial charge in [-0.3, -0.25) is 4.79 Å². The number of carbonyl (C=O) groups excluding carboxylic acids is 1. The van der Waals surface area contributed by atoms with E-state index < -0.39 is 5.60 Å². The summed E-state index contributed by atoms with van der Waals surface area (Å²) in [6.07, 6.45) is 3.48. The maximum atomic E-state index is 12.7. The van der Waals surface area contributed by atoms with Crippen molar-refractivity contribution in [3.05, 3.63) is 23.8 Å². The first-order valence-corrected chi connectivity index (χ1v) is 9.06. The van der Waals surface area contributed by atoms with Crippen molar-refractivity contribution in [1.29, 1.82) is 5.26 Å². The van der Waals surface area contributed by atoms with Crippen molar-refractivity contribution in [3.8, 4) is 11.8 Å². The molecule has 138 valence electrons. The third-order valence-corrected chi connectivity index (χ3v) is 4.22.